The van der Waals surface area contributed by atoms with Crippen LogP contribution in [-0.2, 0) is 4.74 Å². The van der Waals surface area contributed by atoms with Crippen molar-refractivity contribution >= 4 is 5.69 Å². The number of ether oxygens (including phenoxy) is 1. The van der Waals surface area contributed by atoms with Gasteiger partial charge in [0.2, 0.25) is 5.60 Å². The van der Waals surface area contributed by atoms with Crippen molar-refractivity contribution in [3.05, 3.63) is 66.2 Å². The number of epoxide rings is 1. The fraction of sp³-hybridized carbons (Fsp3) is 0.250. The van der Waals surface area contributed by atoms with Crippen molar-refractivity contribution in [1.82, 2.24) is 0 Å². The zero-order valence-electron chi connectivity index (χ0n) is 11.1. The third-order valence-corrected chi connectivity index (χ3v) is 3.62. The molecular weight excluding hydrogens is 279 g/mol. The number of benzene rings is 2. The molecule has 21 heavy (non-hydrogen) atoms. The average molecular weight is 293 g/mol. The lowest BCUT2D eigenvalue weighted by Crippen LogP contribution is -2.42. The van der Waals surface area contributed by atoms with Crippen molar-refractivity contribution in [1.29, 1.82) is 0 Å². The van der Waals surface area contributed by atoms with Crippen LogP contribution in [0.4, 0.5) is 18.9 Å². The minimum Gasteiger partial charge on any atom is -0.375 e. The van der Waals surface area contributed by atoms with E-state index in [4.69, 9.17) is 4.74 Å². The molecule has 1 aliphatic rings. The van der Waals surface area contributed by atoms with Gasteiger partial charge in [-0.3, -0.25) is 0 Å². The molecule has 0 saturated carbocycles. The largest absolute Gasteiger partial charge is 0.422 e. The van der Waals surface area contributed by atoms with Gasteiger partial charge in [-0.15, -0.1) is 0 Å². The van der Waals surface area contributed by atoms with E-state index in [1.54, 1.807) is 54.6 Å². The summed E-state index contributed by atoms with van der Waals surface area (Å²) in [5, 5.41) is 2.96. The predicted octanol–water partition coefficient (Wildman–Crippen LogP) is 4.17. The van der Waals surface area contributed by atoms with Crippen LogP contribution in [0.3, 0.4) is 0 Å². The van der Waals surface area contributed by atoms with E-state index >= 15 is 0 Å². The van der Waals surface area contributed by atoms with Gasteiger partial charge >= 0.3 is 6.18 Å². The van der Waals surface area contributed by atoms with Gasteiger partial charge in [-0.25, -0.2) is 0 Å². The van der Waals surface area contributed by atoms with Crippen LogP contribution in [0.5, 0.6) is 0 Å². The lowest BCUT2D eigenvalue weighted by molar-refractivity contribution is -0.188. The predicted molar refractivity (Wildman–Crippen MR) is 74.0 cm³/mol. The maximum absolute atomic E-state index is 13.4. The van der Waals surface area contributed by atoms with E-state index in [2.05, 4.69) is 5.32 Å². The number of hydrogen-bond donors (Lipinski definition) is 1. The molecule has 2 atom stereocenters. The number of halogens is 3. The van der Waals surface area contributed by atoms with Crippen molar-refractivity contribution < 1.29 is 17.9 Å². The summed E-state index contributed by atoms with van der Waals surface area (Å²) in [6.07, 6.45) is -4.42. The van der Waals surface area contributed by atoms with Crippen molar-refractivity contribution in [2.45, 2.75) is 17.8 Å². The maximum Gasteiger partial charge on any atom is 0.422 e. The van der Waals surface area contributed by atoms with E-state index in [1.807, 2.05) is 6.07 Å². The molecule has 0 radical (unpaired) electrons. The second-order valence-corrected chi connectivity index (χ2v) is 5.03. The maximum atomic E-state index is 13.4. The Morgan fingerprint density at radius 2 is 1.48 bits per heavy atom. The van der Waals surface area contributed by atoms with Crippen LogP contribution in [0.1, 0.15) is 11.6 Å². The fourth-order valence-electron chi connectivity index (χ4n) is 2.39. The molecule has 110 valence electrons. The molecule has 1 heterocycles. The van der Waals surface area contributed by atoms with Gasteiger partial charge in [0, 0.05) is 5.69 Å². The van der Waals surface area contributed by atoms with Crippen LogP contribution >= 0.6 is 0 Å². The van der Waals surface area contributed by atoms with Gasteiger partial charge in [0.1, 0.15) is 0 Å². The molecule has 1 fully saturated rings. The first kappa shape index (κ1) is 13.9. The minimum atomic E-state index is -4.42. The van der Waals surface area contributed by atoms with Crippen LogP contribution in [0.25, 0.3) is 0 Å². The highest BCUT2D eigenvalue weighted by Crippen LogP contribution is 2.52. The molecule has 0 amide bonds. The second kappa shape index (κ2) is 5.07. The quantitative estimate of drug-likeness (QED) is 0.856. The van der Waals surface area contributed by atoms with Crippen LogP contribution < -0.4 is 5.32 Å². The zero-order valence-corrected chi connectivity index (χ0v) is 11.1. The molecule has 2 aromatic rings. The van der Waals surface area contributed by atoms with Crippen LogP contribution in [-0.4, -0.2) is 18.4 Å². The fourth-order valence-corrected chi connectivity index (χ4v) is 2.39. The minimum absolute atomic E-state index is 0.324. The molecule has 5 heteroatoms. The SMILES string of the molecule is FC(F)(F)C1(C(Nc2ccccc2)c2ccccc2)CO1. The average Bonchev–Trinajstić information content (AvgIpc) is 3.28. The third-order valence-electron chi connectivity index (χ3n) is 3.62. The Kier molecular flexibility index (Phi) is 3.37. The highest BCUT2D eigenvalue weighted by atomic mass is 19.4. The van der Waals surface area contributed by atoms with Gasteiger partial charge in [0.15, 0.2) is 0 Å². The first-order chi connectivity index (χ1) is 10.0. The molecular formula is C16H14F3NO. The van der Waals surface area contributed by atoms with Crippen LogP contribution in [0.2, 0.25) is 0 Å². The number of rotatable bonds is 4. The van der Waals surface area contributed by atoms with Crippen molar-refractivity contribution in [2.24, 2.45) is 0 Å². The monoisotopic (exact) mass is 293 g/mol. The molecule has 3 rings (SSSR count). The molecule has 0 aliphatic carbocycles. The first-order valence-corrected chi connectivity index (χ1v) is 6.60. The van der Waals surface area contributed by atoms with Crippen LogP contribution in [0, 0.1) is 0 Å². The molecule has 0 bridgehead atoms. The normalized spacial score (nSPS) is 22.6. The number of hydrogen-bond acceptors (Lipinski definition) is 2. The van der Waals surface area contributed by atoms with Gasteiger partial charge in [0.05, 0.1) is 12.6 Å². The smallest absolute Gasteiger partial charge is 0.375 e. The summed E-state index contributed by atoms with van der Waals surface area (Å²) < 4.78 is 45.0. The van der Waals surface area contributed by atoms with Gasteiger partial charge < -0.3 is 10.1 Å². The number of alkyl halides is 3. The van der Waals surface area contributed by atoms with E-state index in [-0.39, 0.29) is 6.61 Å². The summed E-state index contributed by atoms with van der Waals surface area (Å²) in [6, 6.07) is 16.4. The summed E-state index contributed by atoms with van der Waals surface area (Å²) in [4.78, 5) is 0. The second-order valence-electron chi connectivity index (χ2n) is 5.03. The van der Waals surface area contributed by atoms with E-state index in [9.17, 15) is 13.2 Å². The molecule has 2 nitrogen and oxygen atoms in total. The topological polar surface area (TPSA) is 24.6 Å². The molecule has 0 aromatic heterocycles. The van der Waals surface area contributed by atoms with Gasteiger partial charge in [0.25, 0.3) is 0 Å². The number of anilines is 1. The molecule has 2 aromatic carbocycles. The van der Waals surface area contributed by atoms with E-state index < -0.39 is 17.8 Å². The van der Waals surface area contributed by atoms with E-state index in [0.29, 0.717) is 11.3 Å². The Labute approximate surface area is 120 Å². The third kappa shape index (κ3) is 2.61. The molecule has 1 N–H and O–H groups in total. The lowest BCUT2D eigenvalue weighted by Gasteiger charge is -2.28. The molecule has 1 aliphatic heterocycles. The van der Waals surface area contributed by atoms with E-state index in [0.717, 1.165) is 0 Å². The lowest BCUT2D eigenvalue weighted by atomic mass is 9.92. The Morgan fingerprint density at radius 3 is 1.95 bits per heavy atom. The van der Waals surface area contributed by atoms with Crippen LogP contribution in [0.15, 0.2) is 60.7 Å². The molecule has 2 unspecified atom stereocenters. The van der Waals surface area contributed by atoms with Crippen molar-refractivity contribution in [2.75, 3.05) is 11.9 Å². The Bertz CT molecular complexity index is 594. The highest BCUT2D eigenvalue weighted by Gasteiger charge is 2.70. The van der Waals surface area contributed by atoms with Gasteiger partial charge in [-0.2, -0.15) is 13.2 Å². The van der Waals surface area contributed by atoms with Crippen molar-refractivity contribution in [3.63, 3.8) is 0 Å². The molecule has 1 saturated heterocycles. The zero-order chi connectivity index (χ0) is 14.9. The van der Waals surface area contributed by atoms with Crippen molar-refractivity contribution in [3.8, 4) is 0 Å². The summed E-state index contributed by atoms with van der Waals surface area (Å²) in [5.74, 6) is 0. The Morgan fingerprint density at radius 1 is 0.952 bits per heavy atom. The summed E-state index contributed by atoms with van der Waals surface area (Å²) in [6.45, 7) is -0.324. The number of para-hydroxylation sites is 1. The highest BCUT2D eigenvalue weighted by molar-refractivity contribution is 5.47. The first-order valence-electron chi connectivity index (χ1n) is 6.60. The summed E-state index contributed by atoms with van der Waals surface area (Å²) >= 11 is 0. The summed E-state index contributed by atoms with van der Waals surface area (Å²) in [5.41, 5.74) is -0.967. The number of nitrogens with one attached hydrogen (secondary N) is 1. The Balaban J connectivity index is 1.97. The van der Waals surface area contributed by atoms with Gasteiger partial charge in [-0.05, 0) is 17.7 Å². The van der Waals surface area contributed by atoms with E-state index in [1.165, 1.54) is 0 Å². The molecule has 0 spiro atoms. The summed E-state index contributed by atoms with van der Waals surface area (Å²) in [7, 11) is 0. The Hall–Kier alpha value is -2.01. The van der Waals surface area contributed by atoms with Gasteiger partial charge in [-0.1, -0.05) is 48.5 Å². The standard InChI is InChI=1S/C16H14F3NO/c17-16(18,19)15(11-21-15)14(12-7-3-1-4-8-12)20-13-9-5-2-6-10-13/h1-10,14,20H,11H2.